The third kappa shape index (κ3) is 2.42. The topological polar surface area (TPSA) is 21.6 Å². The Morgan fingerprint density at radius 3 is 2.91 bits per heavy atom. The van der Waals surface area contributed by atoms with E-state index in [0.29, 0.717) is 0 Å². The molecule has 2 nitrogen and oxygen atoms in total. The van der Waals surface area contributed by atoms with E-state index in [9.17, 15) is 0 Å². The zero-order chi connectivity index (χ0) is 8.10. The largest absolute Gasteiger partial charge is 0.399 e. The number of hydrogen-bond acceptors (Lipinski definition) is 2. The van der Waals surface area contributed by atoms with E-state index in [4.69, 9.17) is 0 Å². The molecule has 1 aromatic rings. The Morgan fingerprint density at radius 1 is 1.55 bits per heavy atom. The van der Waals surface area contributed by atoms with Gasteiger partial charge >= 0.3 is 0 Å². The number of hydrogen-bond donors (Lipinski definition) is 0. The van der Waals surface area contributed by atoms with E-state index < -0.39 is 0 Å². The van der Waals surface area contributed by atoms with Gasteiger partial charge in [0.15, 0.2) is 0 Å². The Balaban J connectivity index is 2.73. The lowest BCUT2D eigenvalue weighted by Crippen LogP contribution is -1.81. The first kappa shape index (κ1) is 7.79. The molecule has 0 aliphatic rings. The van der Waals surface area contributed by atoms with Crippen LogP contribution < -0.4 is 0 Å². The first-order valence-corrected chi connectivity index (χ1v) is 3.38. The van der Waals surface area contributed by atoms with E-state index in [1.807, 2.05) is 25.1 Å². The van der Waals surface area contributed by atoms with Crippen LogP contribution in [-0.2, 0) is 4.84 Å². The van der Waals surface area contributed by atoms with Gasteiger partial charge in [0.25, 0.3) is 0 Å². The molecular formula is C9H10NO. The lowest BCUT2D eigenvalue weighted by molar-refractivity contribution is 0.215. The van der Waals surface area contributed by atoms with Gasteiger partial charge in [0.05, 0.1) is 6.21 Å². The van der Waals surface area contributed by atoms with Crippen molar-refractivity contribution in [2.45, 2.75) is 6.92 Å². The van der Waals surface area contributed by atoms with Crippen molar-refractivity contribution in [2.75, 3.05) is 7.11 Å². The Bertz CT molecular complexity index is 238. The van der Waals surface area contributed by atoms with Gasteiger partial charge < -0.3 is 4.84 Å². The SMILES string of the molecule is CO/N=C/c1c[c]c(C)cc1. The molecule has 0 atom stereocenters. The lowest BCUT2D eigenvalue weighted by atomic mass is 10.2. The summed E-state index contributed by atoms with van der Waals surface area (Å²) >= 11 is 0. The van der Waals surface area contributed by atoms with Gasteiger partial charge in [0, 0.05) is 0 Å². The third-order valence-electron chi connectivity index (χ3n) is 1.30. The predicted molar refractivity (Wildman–Crippen MR) is 44.6 cm³/mol. The first-order chi connectivity index (χ1) is 5.33. The van der Waals surface area contributed by atoms with Crippen LogP contribution in [0.15, 0.2) is 23.4 Å². The molecule has 0 amide bonds. The van der Waals surface area contributed by atoms with Gasteiger partial charge in [-0.3, -0.25) is 0 Å². The normalized spacial score (nSPS) is 10.4. The van der Waals surface area contributed by atoms with Gasteiger partial charge in [-0.1, -0.05) is 17.3 Å². The van der Waals surface area contributed by atoms with Crippen LogP contribution >= 0.6 is 0 Å². The van der Waals surface area contributed by atoms with Gasteiger partial charge in [0.2, 0.25) is 0 Å². The van der Waals surface area contributed by atoms with Crippen LogP contribution in [0.3, 0.4) is 0 Å². The number of rotatable bonds is 2. The molecule has 0 N–H and O–H groups in total. The highest BCUT2D eigenvalue weighted by Gasteiger charge is 1.86. The van der Waals surface area contributed by atoms with E-state index in [1.165, 1.54) is 7.11 Å². The Labute approximate surface area is 66.5 Å². The molecule has 0 aromatic heterocycles. The minimum atomic E-state index is 0.998. The van der Waals surface area contributed by atoms with Gasteiger partial charge in [0.1, 0.15) is 7.11 Å². The monoisotopic (exact) mass is 148 g/mol. The molecule has 57 valence electrons. The summed E-state index contributed by atoms with van der Waals surface area (Å²) in [5, 5.41) is 3.63. The van der Waals surface area contributed by atoms with Crippen molar-refractivity contribution < 1.29 is 4.84 Å². The van der Waals surface area contributed by atoms with E-state index in [1.54, 1.807) is 6.21 Å². The van der Waals surface area contributed by atoms with Crippen molar-refractivity contribution in [1.29, 1.82) is 0 Å². The zero-order valence-electron chi connectivity index (χ0n) is 6.66. The van der Waals surface area contributed by atoms with Gasteiger partial charge in [-0.05, 0) is 30.2 Å². The van der Waals surface area contributed by atoms with Crippen LogP contribution in [0.1, 0.15) is 11.1 Å². The molecular weight excluding hydrogens is 138 g/mol. The van der Waals surface area contributed by atoms with Crippen molar-refractivity contribution in [2.24, 2.45) is 5.16 Å². The number of benzene rings is 1. The van der Waals surface area contributed by atoms with Gasteiger partial charge in [-0.2, -0.15) is 0 Å². The summed E-state index contributed by atoms with van der Waals surface area (Å²) in [6.45, 7) is 2.00. The molecule has 0 unspecified atom stereocenters. The van der Waals surface area contributed by atoms with Gasteiger partial charge in [-0.25, -0.2) is 0 Å². The summed E-state index contributed by atoms with van der Waals surface area (Å²) in [5.74, 6) is 0. The standard InChI is InChI=1S/C9H10NO/c1-8-3-5-9(6-4-8)7-10-11-2/h3,5-7H,1-2H3/b10-7+. The quantitative estimate of drug-likeness (QED) is 0.462. The highest BCUT2D eigenvalue weighted by atomic mass is 16.6. The van der Waals surface area contributed by atoms with Crippen LogP contribution in [0.4, 0.5) is 0 Å². The molecule has 0 aliphatic heterocycles. The molecule has 1 aromatic carbocycles. The van der Waals surface area contributed by atoms with Crippen LogP contribution in [0.2, 0.25) is 0 Å². The molecule has 11 heavy (non-hydrogen) atoms. The summed E-state index contributed by atoms with van der Waals surface area (Å²) in [4.78, 5) is 4.53. The number of aryl methyl sites for hydroxylation is 1. The smallest absolute Gasteiger partial charge is 0.106 e. The van der Waals surface area contributed by atoms with Crippen LogP contribution in [0, 0.1) is 13.0 Å². The second kappa shape index (κ2) is 3.76. The molecule has 0 saturated heterocycles. The molecule has 0 fully saturated rings. The van der Waals surface area contributed by atoms with Crippen LogP contribution in [-0.4, -0.2) is 13.3 Å². The predicted octanol–water partition coefficient (Wildman–Crippen LogP) is 1.78. The molecule has 0 aliphatic carbocycles. The fourth-order valence-electron chi connectivity index (χ4n) is 0.708. The summed E-state index contributed by atoms with van der Waals surface area (Å²) < 4.78 is 0. The maximum absolute atomic E-state index is 4.53. The minimum Gasteiger partial charge on any atom is -0.399 e. The fourth-order valence-corrected chi connectivity index (χ4v) is 0.708. The fraction of sp³-hybridized carbons (Fsp3) is 0.222. The second-order valence-electron chi connectivity index (χ2n) is 2.22. The Kier molecular flexibility index (Phi) is 2.66. The highest BCUT2D eigenvalue weighted by Crippen LogP contribution is 1.98. The van der Waals surface area contributed by atoms with Crippen molar-refractivity contribution in [1.82, 2.24) is 0 Å². The first-order valence-electron chi connectivity index (χ1n) is 3.38. The highest BCUT2D eigenvalue weighted by molar-refractivity contribution is 5.78. The van der Waals surface area contributed by atoms with E-state index in [-0.39, 0.29) is 0 Å². The van der Waals surface area contributed by atoms with E-state index in [0.717, 1.165) is 11.1 Å². The summed E-state index contributed by atoms with van der Waals surface area (Å²) in [6.07, 6.45) is 1.65. The summed E-state index contributed by atoms with van der Waals surface area (Å²) in [5.41, 5.74) is 2.12. The molecule has 0 heterocycles. The average molecular weight is 148 g/mol. The number of nitrogens with zero attached hydrogens (tertiary/aromatic N) is 1. The van der Waals surface area contributed by atoms with Gasteiger partial charge in [-0.15, -0.1) is 0 Å². The molecule has 0 spiro atoms. The number of oxime groups is 1. The van der Waals surface area contributed by atoms with E-state index >= 15 is 0 Å². The van der Waals surface area contributed by atoms with Crippen LogP contribution in [0.5, 0.6) is 0 Å². The molecule has 0 bridgehead atoms. The van der Waals surface area contributed by atoms with Crippen molar-refractivity contribution in [3.63, 3.8) is 0 Å². The Hall–Kier alpha value is -1.31. The molecule has 0 saturated carbocycles. The second-order valence-corrected chi connectivity index (χ2v) is 2.22. The van der Waals surface area contributed by atoms with Crippen molar-refractivity contribution >= 4 is 6.21 Å². The van der Waals surface area contributed by atoms with Crippen LogP contribution in [0.25, 0.3) is 0 Å². The minimum absolute atomic E-state index is 0.998. The Morgan fingerprint density at radius 2 is 2.36 bits per heavy atom. The van der Waals surface area contributed by atoms with Crippen molar-refractivity contribution in [3.05, 3.63) is 35.4 Å². The molecule has 2 heteroatoms. The maximum Gasteiger partial charge on any atom is 0.106 e. The summed E-state index contributed by atoms with van der Waals surface area (Å²) in [6, 6.07) is 8.88. The van der Waals surface area contributed by atoms with E-state index in [2.05, 4.69) is 16.1 Å². The molecule has 1 rings (SSSR count). The average Bonchev–Trinajstić information content (AvgIpc) is 2.04. The third-order valence-corrected chi connectivity index (χ3v) is 1.30. The zero-order valence-corrected chi connectivity index (χ0v) is 6.66. The van der Waals surface area contributed by atoms with Crippen molar-refractivity contribution in [3.8, 4) is 0 Å². The maximum atomic E-state index is 4.53. The lowest BCUT2D eigenvalue weighted by Gasteiger charge is -1.92. The molecule has 1 radical (unpaired) electrons. The summed E-state index contributed by atoms with van der Waals surface area (Å²) in [7, 11) is 1.52.